The zero-order valence-corrected chi connectivity index (χ0v) is 20.4. The first kappa shape index (κ1) is 24.8. The van der Waals surface area contributed by atoms with Crippen LogP contribution in [0.2, 0.25) is 0 Å². The van der Waals surface area contributed by atoms with Gasteiger partial charge in [0.15, 0.2) is 6.61 Å². The van der Waals surface area contributed by atoms with E-state index in [4.69, 9.17) is 14.2 Å². The Balaban J connectivity index is 1.50. The standard InChI is InChI=1S/C27H29N3O6/c1-34-21-10-6-7-19(15-21)17-28-27(33)26-22-11-12-29(13-14-30(22)24(31)16-23(26)35-2)25(32)18-36-20-8-4-3-5-9-20/h3-10,15-16H,11-14,17-18H2,1-2H3,(H,28,33). The number of hydrogen-bond donors (Lipinski definition) is 1. The lowest BCUT2D eigenvalue weighted by Gasteiger charge is -2.20. The van der Waals surface area contributed by atoms with E-state index in [0.29, 0.717) is 42.3 Å². The summed E-state index contributed by atoms with van der Waals surface area (Å²) in [6, 6.07) is 17.8. The van der Waals surface area contributed by atoms with E-state index in [1.54, 1.807) is 28.7 Å². The molecule has 2 heterocycles. The molecular formula is C27H29N3O6. The molecule has 188 valence electrons. The number of hydrogen-bond acceptors (Lipinski definition) is 6. The molecule has 0 saturated carbocycles. The van der Waals surface area contributed by atoms with Crippen LogP contribution in [-0.2, 0) is 24.3 Å². The van der Waals surface area contributed by atoms with Gasteiger partial charge in [-0.05, 0) is 29.8 Å². The van der Waals surface area contributed by atoms with Crippen LogP contribution in [0.5, 0.6) is 17.2 Å². The minimum absolute atomic E-state index is 0.105. The van der Waals surface area contributed by atoms with Crippen molar-refractivity contribution in [3.63, 3.8) is 0 Å². The zero-order chi connectivity index (χ0) is 25.5. The summed E-state index contributed by atoms with van der Waals surface area (Å²) in [5.74, 6) is 0.975. The molecular weight excluding hydrogens is 462 g/mol. The molecule has 0 atom stereocenters. The molecule has 2 amide bonds. The second kappa shape index (κ2) is 11.4. The van der Waals surface area contributed by atoms with Gasteiger partial charge < -0.3 is 29.0 Å². The van der Waals surface area contributed by atoms with Crippen LogP contribution in [0.15, 0.2) is 65.5 Å². The van der Waals surface area contributed by atoms with Crippen molar-refractivity contribution >= 4 is 11.8 Å². The minimum atomic E-state index is -0.356. The number of carbonyl (C=O) groups excluding carboxylic acids is 2. The van der Waals surface area contributed by atoms with Crippen molar-refractivity contribution in [2.24, 2.45) is 0 Å². The fourth-order valence-electron chi connectivity index (χ4n) is 4.21. The van der Waals surface area contributed by atoms with Crippen LogP contribution in [0.1, 0.15) is 21.6 Å². The number of fused-ring (bicyclic) bond motifs is 1. The Morgan fingerprint density at radius 1 is 0.917 bits per heavy atom. The maximum atomic E-state index is 13.3. The molecule has 1 aliphatic heterocycles. The fourth-order valence-corrected chi connectivity index (χ4v) is 4.21. The molecule has 4 rings (SSSR count). The Bertz CT molecular complexity index is 1290. The Morgan fingerprint density at radius 3 is 2.44 bits per heavy atom. The third kappa shape index (κ3) is 5.68. The summed E-state index contributed by atoms with van der Waals surface area (Å²) < 4.78 is 17.8. The van der Waals surface area contributed by atoms with Crippen molar-refractivity contribution in [1.82, 2.24) is 14.8 Å². The van der Waals surface area contributed by atoms with E-state index in [-0.39, 0.29) is 42.8 Å². The highest BCUT2D eigenvalue weighted by Gasteiger charge is 2.26. The monoisotopic (exact) mass is 491 g/mol. The Morgan fingerprint density at radius 2 is 1.69 bits per heavy atom. The summed E-state index contributed by atoms with van der Waals surface area (Å²) in [4.78, 5) is 40.6. The van der Waals surface area contributed by atoms with Gasteiger partial charge in [-0.3, -0.25) is 14.4 Å². The van der Waals surface area contributed by atoms with Crippen LogP contribution in [0, 0.1) is 0 Å². The number of rotatable bonds is 8. The van der Waals surface area contributed by atoms with E-state index >= 15 is 0 Å². The predicted octanol–water partition coefficient (Wildman–Crippen LogP) is 2.26. The first-order valence-electron chi connectivity index (χ1n) is 11.7. The summed E-state index contributed by atoms with van der Waals surface area (Å²) in [5.41, 5.74) is 1.44. The van der Waals surface area contributed by atoms with Crippen LogP contribution in [0.25, 0.3) is 0 Å². The number of pyridine rings is 1. The molecule has 0 spiro atoms. The molecule has 1 aliphatic rings. The van der Waals surface area contributed by atoms with Gasteiger partial charge in [0.1, 0.15) is 22.8 Å². The number of carbonyl (C=O) groups is 2. The summed E-state index contributed by atoms with van der Waals surface area (Å²) >= 11 is 0. The van der Waals surface area contributed by atoms with E-state index in [1.807, 2.05) is 42.5 Å². The van der Waals surface area contributed by atoms with Gasteiger partial charge in [-0.2, -0.15) is 0 Å². The highest BCUT2D eigenvalue weighted by molar-refractivity contribution is 5.98. The number of nitrogens with one attached hydrogen (secondary N) is 1. The normalized spacial score (nSPS) is 12.8. The van der Waals surface area contributed by atoms with Crippen LogP contribution >= 0.6 is 0 Å². The molecule has 9 nitrogen and oxygen atoms in total. The maximum absolute atomic E-state index is 13.3. The fraction of sp³-hybridized carbons (Fsp3) is 0.296. The van der Waals surface area contributed by atoms with E-state index in [9.17, 15) is 14.4 Å². The summed E-state index contributed by atoms with van der Waals surface area (Å²) in [7, 11) is 3.01. The lowest BCUT2D eigenvalue weighted by atomic mass is 10.1. The Labute approximate surface area is 209 Å². The summed E-state index contributed by atoms with van der Waals surface area (Å²) in [6.07, 6.45) is 0.325. The molecule has 1 aromatic heterocycles. The van der Waals surface area contributed by atoms with Gasteiger partial charge in [0.25, 0.3) is 17.4 Å². The molecule has 1 N–H and O–H groups in total. The van der Waals surface area contributed by atoms with E-state index in [1.165, 1.54) is 13.2 Å². The lowest BCUT2D eigenvalue weighted by Crippen LogP contribution is -2.37. The van der Waals surface area contributed by atoms with Crippen LogP contribution in [-0.4, -0.2) is 55.2 Å². The van der Waals surface area contributed by atoms with Crippen LogP contribution < -0.4 is 25.1 Å². The lowest BCUT2D eigenvalue weighted by molar-refractivity contribution is -0.133. The van der Waals surface area contributed by atoms with Crippen molar-refractivity contribution < 1.29 is 23.8 Å². The van der Waals surface area contributed by atoms with Gasteiger partial charge in [-0.25, -0.2) is 0 Å². The molecule has 3 aromatic rings. The first-order chi connectivity index (χ1) is 17.5. The highest BCUT2D eigenvalue weighted by Crippen LogP contribution is 2.23. The second-order valence-corrected chi connectivity index (χ2v) is 8.29. The number of benzene rings is 2. The number of ether oxygens (including phenoxy) is 3. The average Bonchev–Trinajstić information content (AvgIpc) is 3.14. The average molecular weight is 492 g/mol. The Kier molecular flexibility index (Phi) is 7.89. The molecule has 0 unspecified atom stereocenters. The van der Waals surface area contributed by atoms with E-state index in [2.05, 4.69) is 5.32 Å². The molecule has 2 aromatic carbocycles. The van der Waals surface area contributed by atoms with E-state index < -0.39 is 0 Å². The topological polar surface area (TPSA) is 99.1 Å². The SMILES string of the molecule is COc1cccc(CNC(=O)c2c(OC)cc(=O)n3c2CCN(C(=O)COc2ccccc2)CC3)c1. The van der Waals surface area contributed by atoms with Crippen molar-refractivity contribution in [3.8, 4) is 17.2 Å². The summed E-state index contributed by atoms with van der Waals surface area (Å²) in [5, 5.41) is 2.91. The number of aromatic nitrogens is 1. The van der Waals surface area contributed by atoms with Crippen molar-refractivity contribution in [3.05, 3.63) is 87.8 Å². The smallest absolute Gasteiger partial charge is 0.260 e. The van der Waals surface area contributed by atoms with Crippen LogP contribution in [0.4, 0.5) is 0 Å². The minimum Gasteiger partial charge on any atom is -0.497 e. The third-order valence-electron chi connectivity index (χ3n) is 6.09. The van der Waals surface area contributed by atoms with Crippen LogP contribution in [0.3, 0.4) is 0 Å². The van der Waals surface area contributed by atoms with Crippen molar-refractivity contribution in [2.75, 3.05) is 33.9 Å². The van der Waals surface area contributed by atoms with Gasteiger partial charge in [0.2, 0.25) is 0 Å². The summed E-state index contributed by atoms with van der Waals surface area (Å²) in [6.45, 7) is 1.12. The predicted molar refractivity (Wildman–Crippen MR) is 134 cm³/mol. The van der Waals surface area contributed by atoms with Gasteiger partial charge in [0.05, 0.1) is 14.2 Å². The van der Waals surface area contributed by atoms with Gasteiger partial charge in [0, 0.05) is 44.4 Å². The van der Waals surface area contributed by atoms with Gasteiger partial charge >= 0.3 is 0 Å². The molecule has 0 aliphatic carbocycles. The highest BCUT2D eigenvalue weighted by atomic mass is 16.5. The zero-order valence-electron chi connectivity index (χ0n) is 20.4. The van der Waals surface area contributed by atoms with E-state index in [0.717, 1.165) is 5.56 Å². The number of amides is 2. The molecule has 0 radical (unpaired) electrons. The second-order valence-electron chi connectivity index (χ2n) is 8.29. The molecule has 0 saturated heterocycles. The molecule has 36 heavy (non-hydrogen) atoms. The number of para-hydroxylation sites is 1. The first-order valence-corrected chi connectivity index (χ1v) is 11.7. The number of nitrogens with zero attached hydrogens (tertiary/aromatic N) is 2. The van der Waals surface area contributed by atoms with Crippen molar-refractivity contribution in [2.45, 2.75) is 19.5 Å². The van der Waals surface area contributed by atoms with Crippen molar-refractivity contribution in [1.29, 1.82) is 0 Å². The quantitative estimate of drug-likeness (QED) is 0.519. The largest absolute Gasteiger partial charge is 0.497 e. The molecule has 9 heteroatoms. The van der Waals surface area contributed by atoms with Gasteiger partial charge in [-0.1, -0.05) is 30.3 Å². The molecule has 0 bridgehead atoms. The number of methoxy groups -OCH3 is 2. The Hall–Kier alpha value is -4.27. The third-order valence-corrected chi connectivity index (χ3v) is 6.09. The molecule has 0 fully saturated rings. The maximum Gasteiger partial charge on any atom is 0.260 e. The van der Waals surface area contributed by atoms with Gasteiger partial charge in [-0.15, -0.1) is 0 Å².